The third-order valence-corrected chi connectivity index (χ3v) is 9.59. The molecule has 0 unspecified atom stereocenters. The van der Waals surface area contributed by atoms with Gasteiger partial charge in [0, 0.05) is 59.6 Å². The van der Waals surface area contributed by atoms with E-state index in [2.05, 4.69) is 20.6 Å². The summed E-state index contributed by atoms with van der Waals surface area (Å²) in [5.74, 6) is -1.07. The Bertz CT molecular complexity index is 2850. The molecule has 22 heteroatoms. The smallest absolute Gasteiger partial charge is 0.354 e. The minimum atomic E-state index is -0.761. The molecule has 0 spiro atoms. The monoisotopic (exact) mass is 971 g/mol. The Morgan fingerprint density at radius 2 is 1.06 bits per heavy atom. The molecule has 2 aromatic heterocycles. The highest BCUT2D eigenvalue weighted by Crippen LogP contribution is 2.26. The summed E-state index contributed by atoms with van der Waals surface area (Å²) < 4.78 is 44.2. The first-order valence-electron chi connectivity index (χ1n) is 20.3. The van der Waals surface area contributed by atoms with Crippen LogP contribution in [0.2, 0.25) is 10.0 Å². The summed E-state index contributed by atoms with van der Waals surface area (Å²) in [6, 6.07) is 22.3. The van der Waals surface area contributed by atoms with Crippen molar-refractivity contribution in [1.82, 2.24) is 28.2 Å². The molecule has 0 amide bonds. The maximum atomic E-state index is 14.5. The molecule has 0 fully saturated rings. The number of benzene rings is 4. The highest BCUT2D eigenvalue weighted by Gasteiger charge is 2.17. The maximum absolute atomic E-state index is 14.5. The molecule has 0 atom stereocenters. The first kappa shape index (κ1) is 52.1. The number of anilines is 4. The van der Waals surface area contributed by atoms with Crippen LogP contribution in [0.1, 0.15) is 51.7 Å². The average Bonchev–Trinajstić information content (AvgIpc) is 3.24. The second-order valence-electron chi connectivity index (χ2n) is 15.0. The number of aromatic nitrogens is 6. The van der Waals surface area contributed by atoms with Crippen molar-refractivity contribution in [2.24, 2.45) is 11.5 Å². The second-order valence-corrected chi connectivity index (χ2v) is 15.9. The van der Waals surface area contributed by atoms with Crippen molar-refractivity contribution in [3.8, 4) is 11.5 Å². The van der Waals surface area contributed by atoms with Gasteiger partial charge in [-0.1, -0.05) is 47.5 Å². The molecule has 352 valence electrons. The Labute approximate surface area is 393 Å². The lowest BCUT2D eigenvalue weighted by Gasteiger charge is -2.16. The van der Waals surface area contributed by atoms with Crippen molar-refractivity contribution in [3.63, 3.8) is 0 Å². The van der Waals surface area contributed by atoms with E-state index < -0.39 is 34.4 Å². The summed E-state index contributed by atoms with van der Waals surface area (Å²) in [5.41, 5.74) is 10.3. The molecular weight excluding hydrogens is 923 g/mol. The van der Waals surface area contributed by atoms with Crippen LogP contribution in [0, 0.1) is 17.0 Å². The van der Waals surface area contributed by atoms with E-state index in [1.54, 1.807) is 88.4 Å². The van der Waals surface area contributed by atoms with E-state index in [-0.39, 0.29) is 93.0 Å². The fourth-order valence-electron chi connectivity index (χ4n) is 6.13. The predicted molar refractivity (Wildman–Crippen MR) is 255 cm³/mol. The van der Waals surface area contributed by atoms with Gasteiger partial charge in [0.25, 0.3) is 0 Å². The third kappa shape index (κ3) is 14.5. The minimum absolute atomic E-state index is 0. The maximum Gasteiger partial charge on any atom is 0.354 e. The summed E-state index contributed by atoms with van der Waals surface area (Å²) in [5, 5.41) is 14.2. The van der Waals surface area contributed by atoms with Crippen molar-refractivity contribution in [2.75, 3.05) is 17.2 Å². The number of halogens is 5. The Balaban J connectivity index is 0.000000285. The molecule has 0 aliphatic rings. The molecule has 0 bridgehead atoms. The lowest BCUT2D eigenvalue weighted by Crippen LogP contribution is -2.43. The van der Waals surface area contributed by atoms with E-state index in [4.69, 9.17) is 49.6 Å². The average molecular weight is 973 g/mol. The predicted octanol–water partition coefficient (Wildman–Crippen LogP) is 6.65. The quantitative estimate of drug-likeness (QED) is 0.0450. The lowest BCUT2D eigenvalue weighted by molar-refractivity contribution is 0.231. The van der Waals surface area contributed by atoms with Crippen molar-refractivity contribution < 1.29 is 18.3 Å². The standard InChI is InChI=1S/C23H26ClFN6O3.C21H23ClFN5O3.ClH/c1-14(2)34-19-10-9-17(12-18(19)25)28-21-29-22(32)30(11-3-4-20(26)27)23(33)31(21)13-15-5-7-16(24)8-6-15;1-13(2)31-18-8-7-16(11-17(18)23)25-19-26-20(29)27(10-9-24)21(30)28(19)12-14-3-5-15(22)6-4-14;/h5-10,12,14H,3-4,11,13H2,1-2H3,(H3,26,27)(H,28,29,32);3-8,11,13H,9-10,12,24H2,1-2H3,(H,25,26,29);1H. The molecule has 6 aromatic rings. The van der Waals surface area contributed by atoms with Crippen LogP contribution in [0.25, 0.3) is 0 Å². The number of nitrogens with one attached hydrogen (secondary N) is 3. The Morgan fingerprint density at radius 3 is 1.41 bits per heavy atom. The van der Waals surface area contributed by atoms with Gasteiger partial charge in [0.1, 0.15) is 0 Å². The summed E-state index contributed by atoms with van der Waals surface area (Å²) in [6.07, 6.45) is 0.194. The number of amidine groups is 1. The van der Waals surface area contributed by atoms with Gasteiger partial charge in [-0.15, -0.1) is 12.4 Å². The van der Waals surface area contributed by atoms with Crippen molar-refractivity contribution in [1.29, 1.82) is 5.41 Å². The molecule has 0 saturated carbocycles. The van der Waals surface area contributed by atoms with Gasteiger partial charge in [0.2, 0.25) is 11.9 Å². The Morgan fingerprint density at radius 1 is 0.667 bits per heavy atom. The zero-order valence-electron chi connectivity index (χ0n) is 36.4. The normalized spacial score (nSPS) is 10.8. The zero-order valence-corrected chi connectivity index (χ0v) is 38.7. The molecule has 0 radical (unpaired) electrons. The van der Waals surface area contributed by atoms with E-state index in [1.807, 2.05) is 0 Å². The number of hydrogen-bond acceptors (Lipinski definition) is 12. The van der Waals surface area contributed by atoms with Crippen molar-refractivity contribution in [3.05, 3.63) is 160 Å². The van der Waals surface area contributed by atoms with Crippen LogP contribution < -0.4 is 54.3 Å². The van der Waals surface area contributed by atoms with E-state index in [1.165, 1.54) is 33.4 Å². The van der Waals surface area contributed by atoms with E-state index in [0.717, 1.165) is 20.3 Å². The fraction of sp³-hybridized carbons (Fsp3) is 0.295. The largest absolute Gasteiger partial charge is 0.488 e. The van der Waals surface area contributed by atoms with Crippen molar-refractivity contribution >= 4 is 64.7 Å². The summed E-state index contributed by atoms with van der Waals surface area (Å²) >= 11 is 11.9. The molecule has 0 saturated heterocycles. The van der Waals surface area contributed by atoms with Gasteiger partial charge in [0.05, 0.1) is 31.1 Å². The highest BCUT2D eigenvalue weighted by molar-refractivity contribution is 6.30. The summed E-state index contributed by atoms with van der Waals surface area (Å²) in [6.45, 7) is 7.56. The van der Waals surface area contributed by atoms with Gasteiger partial charge >= 0.3 is 22.8 Å². The van der Waals surface area contributed by atoms with Gasteiger partial charge in [-0.25, -0.2) is 37.1 Å². The van der Waals surface area contributed by atoms with E-state index in [0.29, 0.717) is 27.8 Å². The molecule has 7 N–H and O–H groups in total. The number of rotatable bonds is 18. The van der Waals surface area contributed by atoms with Gasteiger partial charge in [-0.05, 0) is 93.8 Å². The zero-order chi connectivity index (χ0) is 47.4. The van der Waals surface area contributed by atoms with Gasteiger partial charge in [0.15, 0.2) is 23.1 Å². The number of hydrogen-bond donors (Lipinski definition) is 5. The van der Waals surface area contributed by atoms with Gasteiger partial charge in [-0.2, -0.15) is 9.97 Å². The Kier molecular flexibility index (Phi) is 19.0. The number of ether oxygens (including phenoxy) is 2. The number of nitrogens with zero attached hydrogens (tertiary/aromatic N) is 6. The van der Waals surface area contributed by atoms with E-state index >= 15 is 0 Å². The highest BCUT2D eigenvalue weighted by atomic mass is 35.5. The van der Waals surface area contributed by atoms with Crippen LogP contribution in [0.3, 0.4) is 0 Å². The first-order valence-corrected chi connectivity index (χ1v) is 21.1. The summed E-state index contributed by atoms with van der Waals surface area (Å²) in [7, 11) is 0. The Hall–Kier alpha value is -6.54. The minimum Gasteiger partial charge on any atom is -0.488 e. The molecular formula is C44H50Cl3F2N11O6. The molecule has 0 aliphatic carbocycles. The topological polar surface area (TPSA) is 232 Å². The fourth-order valence-corrected chi connectivity index (χ4v) is 6.39. The molecule has 66 heavy (non-hydrogen) atoms. The van der Waals surface area contributed by atoms with E-state index in [9.17, 15) is 28.0 Å². The third-order valence-electron chi connectivity index (χ3n) is 9.09. The van der Waals surface area contributed by atoms with Gasteiger partial charge < -0.3 is 31.6 Å². The van der Waals surface area contributed by atoms with Gasteiger partial charge in [-0.3, -0.25) is 14.5 Å². The van der Waals surface area contributed by atoms with Crippen molar-refractivity contribution in [2.45, 2.75) is 78.9 Å². The first-order chi connectivity index (χ1) is 30.9. The van der Waals surface area contributed by atoms with Crippen LogP contribution in [-0.2, 0) is 26.2 Å². The molecule has 0 aliphatic heterocycles. The summed E-state index contributed by atoms with van der Waals surface area (Å²) in [4.78, 5) is 59.2. The van der Waals surface area contributed by atoms with Crippen LogP contribution >= 0.6 is 35.6 Å². The molecule has 4 aromatic carbocycles. The lowest BCUT2D eigenvalue weighted by atomic mass is 10.2. The molecule has 6 rings (SSSR count). The van der Waals surface area contributed by atoms with Crippen LogP contribution in [-0.4, -0.2) is 52.8 Å². The molecule has 2 heterocycles. The SMILES string of the molecule is CC(C)Oc1ccc(Nc2nc(=O)n(CCCC(=N)N)c(=O)n2Cc2ccc(Cl)cc2)cc1F.CC(C)Oc1ccc(Nc2nc(=O)n(CCN)c(=O)n2Cc2ccc(Cl)cc2)cc1F.Cl. The van der Waals surface area contributed by atoms with Crippen LogP contribution in [0.4, 0.5) is 32.1 Å². The molecule has 17 nitrogen and oxygen atoms in total. The van der Waals surface area contributed by atoms with Crippen LogP contribution in [0.15, 0.2) is 104 Å². The second kappa shape index (κ2) is 24.1. The van der Waals surface area contributed by atoms with Crippen LogP contribution in [0.5, 0.6) is 11.5 Å². The number of nitrogens with two attached hydrogens (primary N) is 2.